The molecule has 3 saturated heterocycles. The summed E-state index contributed by atoms with van der Waals surface area (Å²) in [5.74, 6) is -2.21. The number of carbonyl (C=O) groups excluding carboxylic acids is 2. The van der Waals surface area contributed by atoms with Crippen molar-refractivity contribution in [3.05, 3.63) is 29.8 Å². The normalized spacial score (nSPS) is 26.8. The molecule has 2 atom stereocenters. The molecule has 2 unspecified atom stereocenters. The van der Waals surface area contributed by atoms with Gasteiger partial charge in [-0.25, -0.2) is 8.78 Å². The maximum absolute atomic E-state index is 13.5. The number of rotatable bonds is 3. The Morgan fingerprint density at radius 1 is 1.04 bits per heavy atom. The molecule has 0 bridgehead atoms. The monoisotopic (exact) mass is 378 g/mol. The highest BCUT2D eigenvalue weighted by molar-refractivity contribution is 6.00. The number of nitrogens with zero attached hydrogens (tertiary/aromatic N) is 3. The molecule has 0 radical (unpaired) electrons. The molecule has 0 saturated carbocycles. The third kappa shape index (κ3) is 3.82. The first-order chi connectivity index (χ1) is 13.0. The molecule has 146 valence electrons. The predicted molar refractivity (Wildman–Crippen MR) is 96.2 cm³/mol. The quantitative estimate of drug-likeness (QED) is 0.846. The van der Waals surface area contributed by atoms with Crippen molar-refractivity contribution in [1.82, 2.24) is 15.1 Å². The van der Waals surface area contributed by atoms with E-state index in [1.165, 1.54) is 4.90 Å². The van der Waals surface area contributed by atoms with Crippen molar-refractivity contribution in [2.75, 3.05) is 50.7 Å². The third-order valence-electron chi connectivity index (χ3n) is 5.78. The van der Waals surface area contributed by atoms with E-state index in [0.29, 0.717) is 19.1 Å². The highest BCUT2D eigenvalue weighted by Crippen LogP contribution is 2.29. The second-order valence-electron chi connectivity index (χ2n) is 7.55. The smallest absolute Gasteiger partial charge is 0.228 e. The molecule has 4 rings (SSSR count). The summed E-state index contributed by atoms with van der Waals surface area (Å²) in [5, 5.41) is 3.33. The van der Waals surface area contributed by atoms with Gasteiger partial charge in [-0.2, -0.15) is 0 Å². The van der Waals surface area contributed by atoms with Gasteiger partial charge < -0.3 is 15.1 Å². The Hall–Kier alpha value is -2.06. The molecule has 2 amide bonds. The SMILES string of the molecule is O=C(C1CC(=O)N(c2cc(F)cc(F)c2)C1)N1CCC(N2CCNCC2)C1. The van der Waals surface area contributed by atoms with E-state index < -0.39 is 17.6 Å². The molecule has 0 aromatic heterocycles. The summed E-state index contributed by atoms with van der Waals surface area (Å²) < 4.78 is 26.9. The molecular weight excluding hydrogens is 354 g/mol. The minimum absolute atomic E-state index is 0.0274. The van der Waals surface area contributed by atoms with Crippen molar-refractivity contribution < 1.29 is 18.4 Å². The van der Waals surface area contributed by atoms with Crippen LogP contribution in [0.3, 0.4) is 0 Å². The summed E-state index contributed by atoms with van der Waals surface area (Å²) >= 11 is 0. The lowest BCUT2D eigenvalue weighted by Gasteiger charge is -2.32. The van der Waals surface area contributed by atoms with Crippen molar-refractivity contribution in [3.63, 3.8) is 0 Å². The van der Waals surface area contributed by atoms with E-state index >= 15 is 0 Å². The number of hydrogen-bond donors (Lipinski definition) is 1. The van der Waals surface area contributed by atoms with E-state index in [2.05, 4.69) is 10.2 Å². The number of anilines is 1. The predicted octanol–water partition coefficient (Wildman–Crippen LogP) is 0.824. The molecule has 3 heterocycles. The Kier molecular flexibility index (Phi) is 5.10. The van der Waals surface area contributed by atoms with Crippen molar-refractivity contribution in [3.8, 4) is 0 Å². The van der Waals surface area contributed by atoms with Gasteiger partial charge in [-0.15, -0.1) is 0 Å². The van der Waals surface area contributed by atoms with E-state index in [1.54, 1.807) is 0 Å². The molecule has 1 aromatic rings. The van der Waals surface area contributed by atoms with Gasteiger partial charge in [0, 0.05) is 70.0 Å². The molecule has 1 aromatic carbocycles. The van der Waals surface area contributed by atoms with E-state index in [4.69, 9.17) is 0 Å². The molecule has 27 heavy (non-hydrogen) atoms. The average molecular weight is 378 g/mol. The van der Waals surface area contributed by atoms with Crippen LogP contribution in [0.2, 0.25) is 0 Å². The van der Waals surface area contributed by atoms with Gasteiger partial charge in [0.2, 0.25) is 11.8 Å². The minimum Gasteiger partial charge on any atom is -0.341 e. The fourth-order valence-electron chi connectivity index (χ4n) is 4.36. The van der Waals surface area contributed by atoms with Gasteiger partial charge in [-0.05, 0) is 18.6 Å². The van der Waals surface area contributed by atoms with E-state index in [1.807, 2.05) is 4.90 Å². The number of carbonyl (C=O) groups is 2. The molecule has 3 aliphatic rings. The highest BCUT2D eigenvalue weighted by atomic mass is 19.1. The Morgan fingerprint density at radius 3 is 2.44 bits per heavy atom. The summed E-state index contributed by atoms with van der Waals surface area (Å²) in [5.41, 5.74) is 0.174. The van der Waals surface area contributed by atoms with E-state index in [9.17, 15) is 18.4 Å². The van der Waals surface area contributed by atoms with E-state index in [-0.39, 0.29) is 30.5 Å². The molecule has 8 heteroatoms. The van der Waals surface area contributed by atoms with Gasteiger partial charge in [0.15, 0.2) is 0 Å². The molecule has 3 fully saturated rings. The Balaban J connectivity index is 1.39. The van der Waals surface area contributed by atoms with Gasteiger partial charge in [-0.1, -0.05) is 0 Å². The second-order valence-corrected chi connectivity index (χ2v) is 7.55. The maximum Gasteiger partial charge on any atom is 0.228 e. The summed E-state index contributed by atoms with van der Waals surface area (Å²) in [6, 6.07) is 3.41. The summed E-state index contributed by atoms with van der Waals surface area (Å²) in [6.07, 6.45) is 1.04. The fourth-order valence-corrected chi connectivity index (χ4v) is 4.36. The van der Waals surface area contributed by atoms with Crippen LogP contribution in [0.15, 0.2) is 18.2 Å². The number of amides is 2. The zero-order valence-corrected chi connectivity index (χ0v) is 15.2. The Morgan fingerprint density at radius 2 is 1.74 bits per heavy atom. The molecule has 6 nitrogen and oxygen atoms in total. The topological polar surface area (TPSA) is 55.9 Å². The highest BCUT2D eigenvalue weighted by Gasteiger charge is 2.40. The summed E-state index contributed by atoms with van der Waals surface area (Å²) in [6.45, 7) is 5.50. The molecule has 3 aliphatic heterocycles. The summed E-state index contributed by atoms with van der Waals surface area (Å²) in [7, 11) is 0. The largest absolute Gasteiger partial charge is 0.341 e. The lowest BCUT2D eigenvalue weighted by atomic mass is 10.1. The molecule has 0 spiro atoms. The first kappa shape index (κ1) is 18.3. The van der Waals surface area contributed by atoms with Crippen LogP contribution in [0.4, 0.5) is 14.5 Å². The lowest BCUT2D eigenvalue weighted by molar-refractivity contribution is -0.135. The first-order valence-electron chi connectivity index (χ1n) is 9.51. The minimum atomic E-state index is -0.731. The Bertz CT molecular complexity index is 718. The molecule has 1 N–H and O–H groups in total. The molecular formula is C19H24F2N4O2. The van der Waals surface area contributed by atoms with Gasteiger partial charge in [0.1, 0.15) is 11.6 Å². The van der Waals surface area contributed by atoms with Crippen LogP contribution >= 0.6 is 0 Å². The van der Waals surface area contributed by atoms with E-state index in [0.717, 1.165) is 50.8 Å². The average Bonchev–Trinajstić information content (AvgIpc) is 3.28. The lowest BCUT2D eigenvalue weighted by Crippen LogP contribution is -2.49. The number of likely N-dealkylation sites (tertiary alicyclic amines) is 1. The van der Waals surface area contributed by atoms with Crippen LogP contribution in [0.25, 0.3) is 0 Å². The van der Waals surface area contributed by atoms with Crippen LogP contribution in [-0.4, -0.2) is 73.5 Å². The summed E-state index contributed by atoms with van der Waals surface area (Å²) in [4.78, 5) is 30.8. The van der Waals surface area contributed by atoms with Gasteiger partial charge >= 0.3 is 0 Å². The zero-order chi connectivity index (χ0) is 19.0. The third-order valence-corrected chi connectivity index (χ3v) is 5.78. The number of nitrogens with one attached hydrogen (secondary N) is 1. The van der Waals surface area contributed by atoms with Crippen LogP contribution in [0.1, 0.15) is 12.8 Å². The first-order valence-corrected chi connectivity index (χ1v) is 9.51. The van der Waals surface area contributed by atoms with Crippen molar-refractivity contribution in [2.45, 2.75) is 18.9 Å². The van der Waals surface area contributed by atoms with Crippen LogP contribution in [-0.2, 0) is 9.59 Å². The second kappa shape index (κ2) is 7.52. The Labute approximate surface area is 157 Å². The van der Waals surface area contributed by atoms with Crippen LogP contribution in [0.5, 0.6) is 0 Å². The maximum atomic E-state index is 13.5. The number of halogens is 2. The van der Waals surface area contributed by atoms with Gasteiger partial charge in [0.25, 0.3) is 0 Å². The van der Waals surface area contributed by atoms with Crippen molar-refractivity contribution in [2.24, 2.45) is 5.92 Å². The van der Waals surface area contributed by atoms with Crippen molar-refractivity contribution in [1.29, 1.82) is 0 Å². The standard InChI is InChI=1S/C19H24F2N4O2/c20-14-8-15(21)10-17(9-14)25-11-13(7-18(25)26)19(27)24-4-1-16(12-24)23-5-2-22-3-6-23/h8-10,13,16,22H,1-7,11-12H2. The van der Waals surface area contributed by atoms with Gasteiger partial charge in [0.05, 0.1) is 5.92 Å². The number of benzene rings is 1. The van der Waals surface area contributed by atoms with Gasteiger partial charge in [-0.3, -0.25) is 14.5 Å². The fraction of sp³-hybridized carbons (Fsp3) is 0.579. The number of hydrogen-bond acceptors (Lipinski definition) is 4. The van der Waals surface area contributed by atoms with Crippen LogP contribution in [0, 0.1) is 17.6 Å². The number of piperazine rings is 1. The molecule has 0 aliphatic carbocycles. The zero-order valence-electron chi connectivity index (χ0n) is 15.2. The van der Waals surface area contributed by atoms with Crippen molar-refractivity contribution >= 4 is 17.5 Å². The van der Waals surface area contributed by atoms with Crippen LogP contribution < -0.4 is 10.2 Å².